The minimum atomic E-state index is -0.552. The van der Waals surface area contributed by atoms with Crippen molar-refractivity contribution in [3.05, 3.63) is 29.3 Å². The third-order valence-corrected chi connectivity index (χ3v) is 6.90. The normalized spacial score (nSPS) is 46.3. The van der Waals surface area contributed by atoms with Gasteiger partial charge in [-0.05, 0) is 50.2 Å². The Hall–Kier alpha value is -1.39. The van der Waals surface area contributed by atoms with Crippen molar-refractivity contribution < 1.29 is 14.6 Å². The van der Waals surface area contributed by atoms with Crippen LogP contribution in [0.3, 0.4) is 0 Å². The number of amides is 1. The highest BCUT2D eigenvalue weighted by atomic mass is 16.6. The highest BCUT2D eigenvalue weighted by Gasteiger charge is 2.78. The molecule has 2 saturated heterocycles. The van der Waals surface area contributed by atoms with E-state index >= 15 is 0 Å². The second kappa shape index (κ2) is 4.17. The number of carbonyl (C=O) groups is 1. The van der Waals surface area contributed by atoms with Gasteiger partial charge in [0, 0.05) is 11.6 Å². The van der Waals surface area contributed by atoms with Crippen molar-refractivity contribution in [1.29, 1.82) is 0 Å². The van der Waals surface area contributed by atoms with Gasteiger partial charge in [0.1, 0.15) is 0 Å². The molecule has 0 unspecified atom stereocenters. The van der Waals surface area contributed by atoms with Crippen LogP contribution in [0.2, 0.25) is 0 Å². The van der Waals surface area contributed by atoms with E-state index in [9.17, 15) is 9.90 Å². The minimum Gasteiger partial charge on any atom is -0.390 e. The Bertz CT molecular complexity index is 717. The third kappa shape index (κ3) is 1.39. The highest BCUT2D eigenvalue weighted by molar-refractivity contribution is 6.01. The average molecular weight is 313 g/mol. The summed E-state index contributed by atoms with van der Waals surface area (Å²) in [6, 6.07) is 6.25. The van der Waals surface area contributed by atoms with E-state index in [1.54, 1.807) is 0 Å². The molecule has 1 N–H and O–H groups in total. The number of aliphatic hydroxyl groups excluding tert-OH is 1. The van der Waals surface area contributed by atoms with Crippen LogP contribution in [0.5, 0.6) is 0 Å². The van der Waals surface area contributed by atoms with E-state index in [0.717, 1.165) is 24.1 Å². The molecule has 0 radical (unpaired) electrons. The maximum absolute atomic E-state index is 13.3. The van der Waals surface area contributed by atoms with Gasteiger partial charge in [-0.25, -0.2) is 0 Å². The summed E-state index contributed by atoms with van der Waals surface area (Å²) in [6.45, 7) is 6.24. The molecule has 2 bridgehead atoms. The molecule has 2 aliphatic heterocycles. The number of nitrogens with zero attached hydrogens (tertiary/aromatic N) is 1. The first-order valence-corrected chi connectivity index (χ1v) is 8.77. The van der Waals surface area contributed by atoms with Crippen LogP contribution in [0.15, 0.2) is 18.2 Å². The first-order chi connectivity index (χ1) is 11.0. The Morgan fingerprint density at radius 1 is 1.35 bits per heavy atom. The Morgan fingerprint density at radius 3 is 2.83 bits per heavy atom. The van der Waals surface area contributed by atoms with Gasteiger partial charge in [-0.3, -0.25) is 9.69 Å². The molecule has 7 atom stereocenters. The SMILES string of the molecule is CC[C@]12O[C@@H]3[C@H](O)[C@H]4C[C@H]3[C@H]1[C@@H]4C(=O)N2c1ccc(C)cc1C. The molecule has 0 spiro atoms. The van der Waals surface area contributed by atoms with Crippen molar-refractivity contribution in [2.45, 2.75) is 51.5 Å². The second-order valence-electron chi connectivity index (χ2n) is 7.85. The molecule has 4 heteroatoms. The van der Waals surface area contributed by atoms with Gasteiger partial charge >= 0.3 is 0 Å². The number of aryl methyl sites for hydroxylation is 2. The van der Waals surface area contributed by atoms with Gasteiger partial charge in [0.25, 0.3) is 0 Å². The number of anilines is 1. The maximum Gasteiger partial charge on any atom is 0.233 e. The number of rotatable bonds is 2. The quantitative estimate of drug-likeness (QED) is 0.912. The summed E-state index contributed by atoms with van der Waals surface area (Å²) in [7, 11) is 0. The van der Waals surface area contributed by atoms with E-state index in [4.69, 9.17) is 4.74 Å². The molecule has 0 aromatic heterocycles. The van der Waals surface area contributed by atoms with E-state index in [-0.39, 0.29) is 29.8 Å². The number of ether oxygens (including phenoxy) is 1. The number of fused-ring (bicyclic) bond motifs is 2. The predicted octanol–water partition coefficient (Wildman–Crippen LogP) is 2.40. The number of hydrogen-bond acceptors (Lipinski definition) is 3. The number of aliphatic hydroxyl groups is 1. The molecule has 4 fully saturated rings. The Labute approximate surface area is 136 Å². The number of benzene rings is 1. The van der Waals surface area contributed by atoms with Crippen molar-refractivity contribution in [1.82, 2.24) is 0 Å². The van der Waals surface area contributed by atoms with Crippen LogP contribution in [-0.2, 0) is 9.53 Å². The maximum atomic E-state index is 13.3. The first kappa shape index (κ1) is 14.0. The molecule has 2 heterocycles. The molecule has 1 aromatic carbocycles. The van der Waals surface area contributed by atoms with Crippen LogP contribution in [0.25, 0.3) is 0 Å². The van der Waals surface area contributed by atoms with Crippen LogP contribution in [0.4, 0.5) is 5.69 Å². The average Bonchev–Trinajstić information content (AvgIpc) is 3.17. The number of carbonyl (C=O) groups excluding carboxylic acids is 1. The summed E-state index contributed by atoms with van der Waals surface area (Å²) in [5.74, 6) is 0.786. The van der Waals surface area contributed by atoms with Gasteiger partial charge in [-0.15, -0.1) is 0 Å². The van der Waals surface area contributed by atoms with Gasteiger partial charge in [0.2, 0.25) is 5.91 Å². The zero-order valence-electron chi connectivity index (χ0n) is 13.8. The molecule has 2 aliphatic carbocycles. The molecule has 122 valence electrons. The van der Waals surface area contributed by atoms with E-state index in [0.29, 0.717) is 5.92 Å². The smallest absolute Gasteiger partial charge is 0.233 e. The third-order valence-electron chi connectivity index (χ3n) is 6.90. The van der Waals surface area contributed by atoms with Crippen LogP contribution < -0.4 is 4.90 Å². The molecule has 4 nitrogen and oxygen atoms in total. The van der Waals surface area contributed by atoms with Crippen molar-refractivity contribution in [3.63, 3.8) is 0 Å². The van der Waals surface area contributed by atoms with Gasteiger partial charge in [0.05, 0.1) is 18.1 Å². The van der Waals surface area contributed by atoms with Crippen LogP contribution >= 0.6 is 0 Å². The molecule has 5 rings (SSSR count). The van der Waals surface area contributed by atoms with Gasteiger partial charge in [0.15, 0.2) is 5.72 Å². The second-order valence-corrected chi connectivity index (χ2v) is 7.85. The van der Waals surface area contributed by atoms with E-state index in [1.807, 2.05) is 4.90 Å². The summed E-state index contributed by atoms with van der Waals surface area (Å²) < 4.78 is 6.46. The lowest BCUT2D eigenvalue weighted by molar-refractivity contribution is -0.133. The van der Waals surface area contributed by atoms with Crippen LogP contribution in [0, 0.1) is 37.5 Å². The molecule has 1 aromatic rings. The topological polar surface area (TPSA) is 49.8 Å². The van der Waals surface area contributed by atoms with Crippen molar-refractivity contribution in [2.75, 3.05) is 4.90 Å². The molecular weight excluding hydrogens is 290 g/mol. The fourth-order valence-electron chi connectivity index (χ4n) is 6.14. The Balaban J connectivity index is 1.69. The van der Waals surface area contributed by atoms with Crippen LogP contribution in [0.1, 0.15) is 30.9 Å². The zero-order valence-corrected chi connectivity index (χ0v) is 13.8. The van der Waals surface area contributed by atoms with E-state index < -0.39 is 11.8 Å². The lowest BCUT2D eigenvalue weighted by atomic mass is 9.76. The number of hydrogen-bond donors (Lipinski definition) is 1. The van der Waals surface area contributed by atoms with Gasteiger partial charge in [-0.1, -0.05) is 24.6 Å². The molecule has 2 saturated carbocycles. The van der Waals surface area contributed by atoms with Crippen molar-refractivity contribution in [2.24, 2.45) is 23.7 Å². The molecule has 1 amide bonds. The summed E-state index contributed by atoms with van der Waals surface area (Å²) in [6.07, 6.45) is 1.19. The molecule has 4 aliphatic rings. The minimum absolute atomic E-state index is 0.0607. The van der Waals surface area contributed by atoms with E-state index in [2.05, 4.69) is 39.0 Å². The van der Waals surface area contributed by atoms with Gasteiger partial charge in [-0.2, -0.15) is 0 Å². The Morgan fingerprint density at radius 2 is 2.13 bits per heavy atom. The molecular formula is C19H23NO3. The summed E-state index contributed by atoms with van der Waals surface area (Å²) >= 11 is 0. The lowest BCUT2D eigenvalue weighted by Gasteiger charge is -2.39. The van der Waals surface area contributed by atoms with Crippen molar-refractivity contribution in [3.8, 4) is 0 Å². The lowest BCUT2D eigenvalue weighted by Crippen LogP contribution is -2.51. The highest BCUT2D eigenvalue weighted by Crippen LogP contribution is 2.68. The summed E-state index contributed by atoms with van der Waals surface area (Å²) in [5, 5.41) is 10.5. The summed E-state index contributed by atoms with van der Waals surface area (Å²) in [4.78, 5) is 15.2. The summed E-state index contributed by atoms with van der Waals surface area (Å²) in [5.41, 5.74) is 2.74. The fourth-order valence-corrected chi connectivity index (χ4v) is 6.14. The first-order valence-electron chi connectivity index (χ1n) is 8.77. The Kier molecular flexibility index (Phi) is 2.54. The standard InChI is InChI=1S/C19H23NO3/c1-4-19-15-12-8-11(16(21)17(12)23-19)14(15)18(22)20(19)13-6-5-9(2)7-10(13)3/h5-7,11-12,14-17,21H,4,8H2,1-3H3/t11-,12-,14+,15-,16+,17-,19-/m0/s1. The zero-order chi connectivity index (χ0) is 16.1. The molecule has 23 heavy (non-hydrogen) atoms. The fraction of sp³-hybridized carbons (Fsp3) is 0.632. The van der Waals surface area contributed by atoms with Crippen molar-refractivity contribution >= 4 is 11.6 Å². The van der Waals surface area contributed by atoms with Crippen LogP contribution in [-0.4, -0.2) is 28.9 Å². The predicted molar refractivity (Wildman–Crippen MR) is 85.9 cm³/mol. The largest absolute Gasteiger partial charge is 0.390 e. The van der Waals surface area contributed by atoms with E-state index in [1.165, 1.54) is 5.56 Å². The van der Waals surface area contributed by atoms with Gasteiger partial charge < -0.3 is 9.84 Å². The monoisotopic (exact) mass is 313 g/mol.